The van der Waals surface area contributed by atoms with Crippen molar-refractivity contribution in [2.75, 3.05) is 7.11 Å². The van der Waals surface area contributed by atoms with Crippen LogP contribution in [0.15, 0.2) is 42.5 Å². The molecule has 0 spiro atoms. The quantitative estimate of drug-likeness (QED) is 0.503. The van der Waals surface area contributed by atoms with Crippen LogP contribution in [-0.2, 0) is 12.8 Å². The topological polar surface area (TPSA) is 25.0 Å². The van der Waals surface area contributed by atoms with Gasteiger partial charge in [-0.05, 0) is 66.5 Å². The zero-order valence-electron chi connectivity index (χ0n) is 13.3. The highest BCUT2D eigenvalue weighted by molar-refractivity contribution is 6.19. The van der Waals surface area contributed by atoms with Gasteiger partial charge < -0.3 is 9.72 Å². The van der Waals surface area contributed by atoms with Crippen LogP contribution in [0.4, 0.5) is 0 Å². The molecule has 1 aromatic heterocycles. The molecule has 114 valence electrons. The molecule has 2 nitrogen and oxygen atoms in total. The second kappa shape index (κ2) is 4.76. The Morgan fingerprint density at radius 2 is 1.70 bits per heavy atom. The third-order valence-corrected chi connectivity index (χ3v) is 5.30. The molecule has 1 N–H and O–H groups in total. The van der Waals surface area contributed by atoms with Gasteiger partial charge in [0.15, 0.2) is 0 Å². The normalized spacial score (nSPS) is 14.5. The van der Waals surface area contributed by atoms with Gasteiger partial charge in [-0.1, -0.05) is 18.2 Å². The maximum atomic E-state index is 5.47. The van der Waals surface area contributed by atoms with E-state index in [0.29, 0.717) is 0 Å². The number of aromatic amines is 1. The van der Waals surface area contributed by atoms with Crippen LogP contribution in [0.3, 0.4) is 0 Å². The minimum atomic E-state index is 0.945. The van der Waals surface area contributed by atoms with Gasteiger partial charge in [-0.15, -0.1) is 0 Å². The van der Waals surface area contributed by atoms with Crippen LogP contribution < -0.4 is 4.74 Å². The van der Waals surface area contributed by atoms with E-state index >= 15 is 0 Å². The van der Waals surface area contributed by atoms with Crippen molar-refractivity contribution in [3.63, 3.8) is 0 Å². The summed E-state index contributed by atoms with van der Waals surface area (Å²) in [7, 11) is 1.75. The summed E-state index contributed by atoms with van der Waals surface area (Å²) in [6.45, 7) is 0. The Kier molecular flexibility index (Phi) is 2.69. The van der Waals surface area contributed by atoms with E-state index in [2.05, 4.69) is 47.4 Å². The highest BCUT2D eigenvalue weighted by Crippen LogP contribution is 2.41. The van der Waals surface area contributed by atoms with Crippen LogP contribution >= 0.6 is 0 Å². The third-order valence-electron chi connectivity index (χ3n) is 5.30. The smallest absolute Gasteiger partial charge is 0.119 e. The first kappa shape index (κ1) is 13.0. The Morgan fingerprint density at radius 1 is 0.870 bits per heavy atom. The maximum absolute atomic E-state index is 5.47. The highest BCUT2D eigenvalue weighted by atomic mass is 16.5. The van der Waals surface area contributed by atoms with Crippen LogP contribution in [-0.4, -0.2) is 12.1 Å². The van der Waals surface area contributed by atoms with Gasteiger partial charge in [0.25, 0.3) is 0 Å². The number of aryl methyl sites for hydroxylation is 2. The second-order valence-electron chi connectivity index (χ2n) is 6.50. The van der Waals surface area contributed by atoms with E-state index in [1.807, 2.05) is 0 Å². The molecule has 0 saturated heterocycles. The van der Waals surface area contributed by atoms with Gasteiger partial charge in [0.05, 0.1) is 12.6 Å². The van der Waals surface area contributed by atoms with Crippen LogP contribution in [0.2, 0.25) is 0 Å². The zero-order chi connectivity index (χ0) is 15.4. The number of nitrogens with one attached hydrogen (secondary N) is 1. The number of rotatable bonds is 1. The number of methoxy groups -OCH3 is 1. The van der Waals surface area contributed by atoms with E-state index in [-0.39, 0.29) is 0 Å². The number of hydrogen-bond acceptors (Lipinski definition) is 1. The van der Waals surface area contributed by atoms with Crippen molar-refractivity contribution in [1.82, 2.24) is 4.98 Å². The number of benzene rings is 3. The minimum Gasteiger partial charge on any atom is -0.497 e. The summed E-state index contributed by atoms with van der Waals surface area (Å²) in [5.41, 5.74) is 5.59. The first-order chi connectivity index (χ1) is 11.4. The Hall–Kier alpha value is -2.48. The molecule has 0 aliphatic heterocycles. The summed E-state index contributed by atoms with van der Waals surface area (Å²) in [5, 5.41) is 5.47. The summed E-state index contributed by atoms with van der Waals surface area (Å²) in [6, 6.07) is 15.2. The molecular weight excluding hydrogens is 282 g/mol. The van der Waals surface area contributed by atoms with E-state index in [4.69, 9.17) is 4.74 Å². The summed E-state index contributed by atoms with van der Waals surface area (Å²) in [5.74, 6) is 0.945. The average molecular weight is 301 g/mol. The molecule has 5 rings (SSSR count). The van der Waals surface area contributed by atoms with Gasteiger partial charge in [0.1, 0.15) is 5.75 Å². The molecule has 1 aliphatic rings. The molecule has 1 heterocycles. The predicted octanol–water partition coefficient (Wildman–Crippen LogP) is 5.36. The molecule has 0 unspecified atom stereocenters. The number of H-pyrrole nitrogens is 1. The fraction of sp³-hybridized carbons (Fsp3) is 0.238. The Morgan fingerprint density at radius 3 is 2.57 bits per heavy atom. The van der Waals surface area contributed by atoms with E-state index in [1.165, 1.54) is 63.8 Å². The Labute approximate surface area is 135 Å². The standard InChI is InChI=1S/C21H19NO/c1-23-13-10-11-16-18(12-13)14-6-2-3-7-15(14)20-17-8-4-5-9-19(17)22-21(16)20/h4-5,8-12,22H,2-3,6-7H2,1H3. The molecule has 0 saturated carbocycles. The lowest BCUT2D eigenvalue weighted by atomic mass is 9.84. The van der Waals surface area contributed by atoms with Crippen molar-refractivity contribution < 1.29 is 4.74 Å². The molecule has 2 heteroatoms. The lowest BCUT2D eigenvalue weighted by molar-refractivity contribution is 0.415. The summed E-state index contributed by atoms with van der Waals surface area (Å²) >= 11 is 0. The van der Waals surface area contributed by atoms with Crippen LogP contribution in [0.1, 0.15) is 24.0 Å². The van der Waals surface area contributed by atoms with Crippen molar-refractivity contribution in [3.8, 4) is 5.75 Å². The van der Waals surface area contributed by atoms with Crippen molar-refractivity contribution in [2.24, 2.45) is 0 Å². The molecule has 23 heavy (non-hydrogen) atoms. The first-order valence-electron chi connectivity index (χ1n) is 8.38. The molecular formula is C21H19NO. The lowest BCUT2D eigenvalue weighted by Crippen LogP contribution is -2.04. The Balaban J connectivity index is 2.05. The summed E-state index contributed by atoms with van der Waals surface area (Å²) in [6.07, 6.45) is 4.93. The molecule has 0 bridgehead atoms. The molecule has 0 radical (unpaired) electrons. The van der Waals surface area contributed by atoms with Gasteiger partial charge in [-0.2, -0.15) is 0 Å². The van der Waals surface area contributed by atoms with E-state index in [0.717, 1.165) is 5.75 Å². The molecule has 1 aliphatic carbocycles. The van der Waals surface area contributed by atoms with Crippen molar-refractivity contribution in [1.29, 1.82) is 0 Å². The highest BCUT2D eigenvalue weighted by Gasteiger charge is 2.20. The van der Waals surface area contributed by atoms with Gasteiger partial charge >= 0.3 is 0 Å². The fourth-order valence-corrected chi connectivity index (χ4v) is 4.25. The molecule has 0 amide bonds. The van der Waals surface area contributed by atoms with Crippen LogP contribution in [0.25, 0.3) is 32.6 Å². The Bertz CT molecular complexity index is 1060. The van der Waals surface area contributed by atoms with Crippen LogP contribution in [0.5, 0.6) is 5.75 Å². The van der Waals surface area contributed by atoms with Gasteiger partial charge in [0.2, 0.25) is 0 Å². The SMILES string of the molecule is COc1ccc2c(c1)c1c(c3c4ccccc4[nH]c23)CCCC1. The van der Waals surface area contributed by atoms with E-state index < -0.39 is 0 Å². The third kappa shape index (κ3) is 1.75. The minimum absolute atomic E-state index is 0.945. The number of para-hydroxylation sites is 1. The van der Waals surface area contributed by atoms with Crippen molar-refractivity contribution in [2.45, 2.75) is 25.7 Å². The summed E-state index contributed by atoms with van der Waals surface area (Å²) < 4.78 is 5.47. The molecule has 3 aromatic carbocycles. The van der Waals surface area contributed by atoms with E-state index in [9.17, 15) is 0 Å². The number of ether oxygens (including phenoxy) is 1. The molecule has 0 atom stereocenters. The lowest BCUT2D eigenvalue weighted by Gasteiger charge is -2.20. The molecule has 4 aromatic rings. The van der Waals surface area contributed by atoms with Crippen molar-refractivity contribution in [3.05, 3.63) is 53.6 Å². The number of hydrogen-bond donors (Lipinski definition) is 1. The second-order valence-corrected chi connectivity index (χ2v) is 6.50. The monoisotopic (exact) mass is 301 g/mol. The predicted molar refractivity (Wildman–Crippen MR) is 96.5 cm³/mol. The first-order valence-corrected chi connectivity index (χ1v) is 8.38. The van der Waals surface area contributed by atoms with Gasteiger partial charge in [0, 0.05) is 21.7 Å². The fourth-order valence-electron chi connectivity index (χ4n) is 4.25. The van der Waals surface area contributed by atoms with Gasteiger partial charge in [-0.25, -0.2) is 0 Å². The zero-order valence-corrected chi connectivity index (χ0v) is 13.3. The van der Waals surface area contributed by atoms with Crippen LogP contribution in [0, 0.1) is 0 Å². The van der Waals surface area contributed by atoms with E-state index in [1.54, 1.807) is 12.7 Å². The largest absolute Gasteiger partial charge is 0.497 e. The van der Waals surface area contributed by atoms with Crippen molar-refractivity contribution >= 4 is 32.6 Å². The maximum Gasteiger partial charge on any atom is 0.119 e. The number of aromatic nitrogens is 1. The molecule has 0 fully saturated rings. The number of fused-ring (bicyclic) bond motifs is 8. The summed E-state index contributed by atoms with van der Waals surface area (Å²) in [4.78, 5) is 3.67. The average Bonchev–Trinajstić information content (AvgIpc) is 3.01. The van der Waals surface area contributed by atoms with Gasteiger partial charge in [-0.3, -0.25) is 0 Å².